The van der Waals surface area contributed by atoms with Crippen LogP contribution in [0.2, 0.25) is 0 Å². The van der Waals surface area contributed by atoms with E-state index in [4.69, 9.17) is 0 Å². The molecule has 0 saturated carbocycles. The zero-order valence-electron chi connectivity index (χ0n) is 10.8. The van der Waals surface area contributed by atoms with E-state index in [-0.39, 0.29) is 5.91 Å². The van der Waals surface area contributed by atoms with Crippen molar-refractivity contribution in [1.82, 2.24) is 20.8 Å². The summed E-state index contributed by atoms with van der Waals surface area (Å²) in [6.07, 6.45) is 5.21. The smallest absolute Gasteiger partial charge is 0.251 e. The van der Waals surface area contributed by atoms with Crippen LogP contribution >= 0.6 is 0 Å². The number of carbonyl (C=O) groups excluding carboxylic acids is 1. The van der Waals surface area contributed by atoms with E-state index in [0.29, 0.717) is 11.6 Å². The summed E-state index contributed by atoms with van der Waals surface area (Å²) in [6, 6.07) is 6.15. The molecule has 1 aromatic heterocycles. The lowest BCUT2D eigenvalue weighted by molar-refractivity contribution is 0.0952. The Hall–Kier alpha value is -1.88. The Morgan fingerprint density at radius 2 is 2.42 bits per heavy atom. The van der Waals surface area contributed by atoms with Crippen LogP contribution in [0.1, 0.15) is 29.6 Å². The van der Waals surface area contributed by atoms with Gasteiger partial charge in [0.1, 0.15) is 0 Å². The molecule has 1 amide bonds. The molecule has 1 aliphatic heterocycles. The number of amides is 1. The van der Waals surface area contributed by atoms with Crippen molar-refractivity contribution < 1.29 is 4.79 Å². The van der Waals surface area contributed by atoms with Crippen LogP contribution in [0.5, 0.6) is 0 Å². The zero-order chi connectivity index (χ0) is 13.1. The first kappa shape index (κ1) is 12.2. The van der Waals surface area contributed by atoms with Gasteiger partial charge < -0.3 is 10.6 Å². The lowest BCUT2D eigenvalue weighted by Crippen LogP contribution is -2.30. The van der Waals surface area contributed by atoms with E-state index in [1.807, 2.05) is 18.2 Å². The summed E-state index contributed by atoms with van der Waals surface area (Å²) in [6.45, 7) is 1.83. The third-order valence-electron chi connectivity index (χ3n) is 3.64. The van der Waals surface area contributed by atoms with Gasteiger partial charge >= 0.3 is 0 Å². The van der Waals surface area contributed by atoms with Crippen molar-refractivity contribution in [3.63, 3.8) is 0 Å². The van der Waals surface area contributed by atoms with Crippen LogP contribution in [0, 0.1) is 0 Å². The second-order valence-electron chi connectivity index (χ2n) is 5.01. The number of carbonyl (C=O) groups is 1. The van der Waals surface area contributed by atoms with Crippen LogP contribution in [-0.4, -0.2) is 35.2 Å². The number of rotatable bonds is 4. The van der Waals surface area contributed by atoms with Gasteiger partial charge in [0.2, 0.25) is 0 Å². The first-order valence-corrected chi connectivity index (χ1v) is 6.77. The van der Waals surface area contributed by atoms with E-state index in [9.17, 15) is 4.79 Å². The average molecular weight is 258 g/mol. The number of nitrogens with zero attached hydrogens (tertiary/aromatic N) is 1. The fourth-order valence-electron chi connectivity index (χ4n) is 2.54. The Morgan fingerprint density at radius 1 is 1.47 bits per heavy atom. The maximum Gasteiger partial charge on any atom is 0.251 e. The molecule has 1 saturated heterocycles. The molecule has 1 fully saturated rings. The Labute approximate surface area is 111 Å². The van der Waals surface area contributed by atoms with E-state index in [1.54, 1.807) is 6.20 Å². The predicted octanol–water partition coefficient (Wildman–Crippen LogP) is 1.43. The van der Waals surface area contributed by atoms with Crippen molar-refractivity contribution in [3.05, 3.63) is 30.0 Å². The minimum Gasteiger partial charge on any atom is -0.352 e. The highest BCUT2D eigenvalue weighted by Crippen LogP contribution is 2.13. The van der Waals surface area contributed by atoms with E-state index in [2.05, 4.69) is 20.8 Å². The molecule has 19 heavy (non-hydrogen) atoms. The monoisotopic (exact) mass is 258 g/mol. The summed E-state index contributed by atoms with van der Waals surface area (Å²) < 4.78 is 0. The van der Waals surface area contributed by atoms with Crippen LogP contribution < -0.4 is 10.6 Å². The van der Waals surface area contributed by atoms with Gasteiger partial charge in [-0.05, 0) is 37.9 Å². The summed E-state index contributed by atoms with van der Waals surface area (Å²) in [7, 11) is 0. The zero-order valence-corrected chi connectivity index (χ0v) is 10.8. The number of fused-ring (bicyclic) bond motifs is 1. The largest absolute Gasteiger partial charge is 0.352 e. The van der Waals surface area contributed by atoms with E-state index >= 15 is 0 Å². The quantitative estimate of drug-likeness (QED) is 0.777. The van der Waals surface area contributed by atoms with Crippen LogP contribution in [-0.2, 0) is 0 Å². The van der Waals surface area contributed by atoms with Crippen molar-refractivity contribution in [1.29, 1.82) is 0 Å². The number of hydrogen-bond donors (Lipinski definition) is 3. The molecule has 3 N–H and O–H groups in total. The highest BCUT2D eigenvalue weighted by molar-refractivity contribution is 5.97. The molecule has 0 unspecified atom stereocenters. The highest BCUT2D eigenvalue weighted by atomic mass is 16.1. The van der Waals surface area contributed by atoms with Gasteiger partial charge in [-0.3, -0.25) is 9.89 Å². The fourth-order valence-corrected chi connectivity index (χ4v) is 2.54. The molecule has 0 aliphatic carbocycles. The van der Waals surface area contributed by atoms with Crippen LogP contribution in [0.3, 0.4) is 0 Å². The number of aromatic nitrogens is 2. The molecule has 3 rings (SSSR count). The minimum absolute atomic E-state index is 0.0190. The van der Waals surface area contributed by atoms with Crippen LogP contribution in [0.15, 0.2) is 24.4 Å². The average Bonchev–Trinajstić information content (AvgIpc) is 3.08. The number of nitrogens with one attached hydrogen (secondary N) is 3. The maximum atomic E-state index is 12.0. The van der Waals surface area contributed by atoms with E-state index in [1.165, 1.54) is 12.8 Å². The summed E-state index contributed by atoms with van der Waals surface area (Å²) in [4.78, 5) is 12.0. The Morgan fingerprint density at radius 3 is 3.26 bits per heavy atom. The molecule has 100 valence electrons. The molecule has 5 nitrogen and oxygen atoms in total. The minimum atomic E-state index is -0.0190. The highest BCUT2D eigenvalue weighted by Gasteiger charge is 2.14. The fraction of sp³-hybridized carbons (Fsp3) is 0.429. The maximum absolute atomic E-state index is 12.0. The second kappa shape index (κ2) is 5.40. The summed E-state index contributed by atoms with van der Waals surface area (Å²) in [5.74, 6) is -0.0190. The van der Waals surface area contributed by atoms with Crippen molar-refractivity contribution in [3.8, 4) is 0 Å². The van der Waals surface area contributed by atoms with Gasteiger partial charge in [0, 0.05) is 23.5 Å². The topological polar surface area (TPSA) is 69.8 Å². The van der Waals surface area contributed by atoms with Crippen molar-refractivity contribution in [2.75, 3.05) is 13.1 Å². The van der Waals surface area contributed by atoms with Crippen molar-refractivity contribution in [2.24, 2.45) is 0 Å². The van der Waals surface area contributed by atoms with E-state index in [0.717, 1.165) is 30.4 Å². The van der Waals surface area contributed by atoms with Gasteiger partial charge in [-0.1, -0.05) is 6.07 Å². The molecule has 0 bridgehead atoms. The van der Waals surface area contributed by atoms with Crippen LogP contribution in [0.25, 0.3) is 10.9 Å². The molecule has 1 atom stereocenters. The normalized spacial score (nSPS) is 18.8. The molecule has 2 aromatic rings. The Kier molecular flexibility index (Phi) is 3.46. The summed E-state index contributed by atoms with van der Waals surface area (Å²) >= 11 is 0. The van der Waals surface area contributed by atoms with Crippen LogP contribution in [0.4, 0.5) is 0 Å². The first-order valence-electron chi connectivity index (χ1n) is 6.77. The number of aromatic amines is 1. The summed E-state index contributed by atoms with van der Waals surface area (Å²) in [5.41, 5.74) is 1.57. The van der Waals surface area contributed by atoms with Gasteiger partial charge in [0.15, 0.2) is 0 Å². The van der Waals surface area contributed by atoms with Gasteiger partial charge in [0.25, 0.3) is 5.91 Å². The summed E-state index contributed by atoms with van der Waals surface area (Å²) in [5, 5.41) is 14.2. The lowest BCUT2D eigenvalue weighted by atomic mass is 10.1. The molecular weight excluding hydrogens is 240 g/mol. The molecular formula is C14H18N4O. The molecule has 1 aromatic carbocycles. The third-order valence-corrected chi connectivity index (χ3v) is 3.64. The van der Waals surface area contributed by atoms with Crippen molar-refractivity contribution in [2.45, 2.75) is 25.3 Å². The molecule has 0 spiro atoms. The van der Waals surface area contributed by atoms with E-state index < -0.39 is 0 Å². The van der Waals surface area contributed by atoms with Gasteiger partial charge in [-0.25, -0.2) is 0 Å². The van der Waals surface area contributed by atoms with Crippen molar-refractivity contribution >= 4 is 16.8 Å². The standard InChI is InChI=1S/C14H18N4O/c19-14(16-7-5-12-2-1-6-15-12)10-3-4-11-9-17-18-13(11)8-10/h3-4,8-9,12,15H,1-2,5-7H2,(H,16,19)(H,17,18)/t12-/m0/s1. The second-order valence-corrected chi connectivity index (χ2v) is 5.01. The molecule has 1 aliphatic rings. The lowest BCUT2D eigenvalue weighted by Gasteiger charge is -2.10. The Bertz CT molecular complexity index is 572. The van der Waals surface area contributed by atoms with Gasteiger partial charge in [-0.15, -0.1) is 0 Å². The van der Waals surface area contributed by atoms with Gasteiger partial charge in [0.05, 0.1) is 11.7 Å². The third kappa shape index (κ3) is 2.76. The molecule has 0 radical (unpaired) electrons. The number of benzene rings is 1. The molecule has 2 heterocycles. The predicted molar refractivity (Wildman–Crippen MR) is 74.1 cm³/mol. The number of hydrogen-bond acceptors (Lipinski definition) is 3. The Balaban J connectivity index is 1.56. The SMILES string of the molecule is O=C(NCC[C@@H]1CCCN1)c1ccc2cn[nH]c2c1. The number of H-pyrrole nitrogens is 1. The van der Waals surface area contributed by atoms with Gasteiger partial charge in [-0.2, -0.15) is 5.10 Å². The first-order chi connectivity index (χ1) is 9.33. The molecule has 5 heteroatoms.